The number of hydrogen-bond acceptors (Lipinski definition) is 2. The fraction of sp³-hybridized carbons (Fsp3) is 0.933. The highest BCUT2D eigenvalue weighted by Crippen LogP contribution is 2.28. The molecule has 0 aromatic carbocycles. The maximum absolute atomic E-state index is 5.30. The first-order valence-electron chi connectivity index (χ1n) is 7.89. The Bertz CT molecular complexity index is 243. The normalized spacial score (nSPS) is 16.0. The van der Waals surface area contributed by atoms with Gasteiger partial charge in [-0.15, -0.1) is 24.0 Å². The summed E-state index contributed by atoms with van der Waals surface area (Å²) >= 11 is 0. The molecule has 0 atom stereocenters. The molecule has 20 heavy (non-hydrogen) atoms. The standard InChI is InChI=1S/C15H31N3O.HI/c1-3-19-13-7-12-18-15(16-2)17-11-6-10-14-8-4-5-9-14;/h14H,3-13H2,1-2H3,(H2,16,17,18);1H. The van der Waals surface area contributed by atoms with Crippen molar-refractivity contribution in [1.82, 2.24) is 10.6 Å². The number of ether oxygens (including phenoxy) is 1. The van der Waals surface area contributed by atoms with Gasteiger partial charge in [-0.3, -0.25) is 4.99 Å². The molecule has 2 N–H and O–H groups in total. The summed E-state index contributed by atoms with van der Waals surface area (Å²) in [6, 6.07) is 0. The Balaban J connectivity index is 0.00000361. The fourth-order valence-electron chi connectivity index (χ4n) is 2.64. The minimum atomic E-state index is 0. The van der Waals surface area contributed by atoms with Gasteiger partial charge in [-0.1, -0.05) is 25.7 Å². The zero-order valence-electron chi connectivity index (χ0n) is 13.1. The quantitative estimate of drug-likeness (QED) is 0.272. The van der Waals surface area contributed by atoms with Crippen LogP contribution in [0.25, 0.3) is 0 Å². The Morgan fingerprint density at radius 2 is 1.80 bits per heavy atom. The van der Waals surface area contributed by atoms with Gasteiger partial charge in [0.15, 0.2) is 5.96 Å². The molecule has 4 nitrogen and oxygen atoms in total. The van der Waals surface area contributed by atoms with Crippen molar-refractivity contribution in [3.05, 3.63) is 0 Å². The number of nitrogens with one attached hydrogen (secondary N) is 2. The van der Waals surface area contributed by atoms with E-state index in [2.05, 4.69) is 15.6 Å². The molecule has 1 aliphatic rings. The van der Waals surface area contributed by atoms with Gasteiger partial charge in [0.25, 0.3) is 0 Å². The Kier molecular flexibility index (Phi) is 13.9. The van der Waals surface area contributed by atoms with Crippen molar-refractivity contribution in [2.75, 3.05) is 33.4 Å². The summed E-state index contributed by atoms with van der Waals surface area (Å²) in [5.74, 6) is 1.91. The van der Waals surface area contributed by atoms with E-state index in [4.69, 9.17) is 4.74 Å². The largest absolute Gasteiger partial charge is 0.382 e. The van der Waals surface area contributed by atoms with Crippen LogP contribution in [0.3, 0.4) is 0 Å². The van der Waals surface area contributed by atoms with Crippen molar-refractivity contribution in [1.29, 1.82) is 0 Å². The smallest absolute Gasteiger partial charge is 0.190 e. The van der Waals surface area contributed by atoms with Crippen molar-refractivity contribution in [3.8, 4) is 0 Å². The van der Waals surface area contributed by atoms with Crippen LogP contribution in [-0.4, -0.2) is 39.3 Å². The van der Waals surface area contributed by atoms with Crippen LogP contribution in [0.15, 0.2) is 4.99 Å². The highest BCUT2D eigenvalue weighted by atomic mass is 127. The lowest BCUT2D eigenvalue weighted by Gasteiger charge is -2.13. The minimum Gasteiger partial charge on any atom is -0.382 e. The van der Waals surface area contributed by atoms with Gasteiger partial charge in [0.05, 0.1) is 0 Å². The molecule has 5 heteroatoms. The molecule has 0 bridgehead atoms. The maximum Gasteiger partial charge on any atom is 0.190 e. The number of halogens is 1. The summed E-state index contributed by atoms with van der Waals surface area (Å²) in [5, 5.41) is 6.70. The monoisotopic (exact) mass is 397 g/mol. The third-order valence-electron chi connectivity index (χ3n) is 3.74. The Labute approximate surface area is 141 Å². The summed E-state index contributed by atoms with van der Waals surface area (Å²) in [6.07, 6.45) is 9.44. The van der Waals surface area contributed by atoms with Crippen molar-refractivity contribution in [3.63, 3.8) is 0 Å². The molecule has 0 aliphatic heterocycles. The molecular formula is C15H32IN3O. The van der Waals surface area contributed by atoms with E-state index in [0.717, 1.165) is 44.6 Å². The first kappa shape index (κ1) is 20.0. The molecule has 0 aromatic heterocycles. The molecule has 1 saturated carbocycles. The van der Waals surface area contributed by atoms with E-state index in [0.29, 0.717) is 0 Å². The van der Waals surface area contributed by atoms with Gasteiger partial charge in [0.2, 0.25) is 0 Å². The number of aliphatic imine (C=N–C) groups is 1. The van der Waals surface area contributed by atoms with Gasteiger partial charge < -0.3 is 15.4 Å². The van der Waals surface area contributed by atoms with E-state index in [-0.39, 0.29) is 24.0 Å². The molecular weight excluding hydrogens is 365 g/mol. The number of nitrogens with zero attached hydrogens (tertiary/aromatic N) is 1. The lowest BCUT2D eigenvalue weighted by atomic mass is 10.0. The van der Waals surface area contributed by atoms with Crippen molar-refractivity contribution < 1.29 is 4.74 Å². The molecule has 0 heterocycles. The highest BCUT2D eigenvalue weighted by molar-refractivity contribution is 14.0. The molecule has 1 aliphatic carbocycles. The first-order valence-corrected chi connectivity index (χ1v) is 7.89. The number of hydrogen-bond donors (Lipinski definition) is 2. The van der Waals surface area contributed by atoms with E-state index >= 15 is 0 Å². The summed E-state index contributed by atoms with van der Waals surface area (Å²) in [5.41, 5.74) is 0. The van der Waals surface area contributed by atoms with E-state index < -0.39 is 0 Å². The van der Waals surface area contributed by atoms with Gasteiger partial charge in [0, 0.05) is 33.4 Å². The Hall–Kier alpha value is -0.0400. The zero-order chi connectivity index (χ0) is 13.8. The van der Waals surface area contributed by atoms with Crippen LogP contribution in [0.5, 0.6) is 0 Å². The molecule has 0 radical (unpaired) electrons. The van der Waals surface area contributed by atoms with Gasteiger partial charge in [-0.2, -0.15) is 0 Å². The Morgan fingerprint density at radius 1 is 1.15 bits per heavy atom. The molecule has 0 aromatic rings. The van der Waals surface area contributed by atoms with Crippen LogP contribution in [0.4, 0.5) is 0 Å². The van der Waals surface area contributed by atoms with Crippen molar-refractivity contribution in [2.45, 2.75) is 51.9 Å². The van der Waals surface area contributed by atoms with Crippen molar-refractivity contribution >= 4 is 29.9 Å². The second-order valence-corrected chi connectivity index (χ2v) is 5.27. The van der Waals surface area contributed by atoms with Gasteiger partial charge in [-0.25, -0.2) is 0 Å². The average Bonchev–Trinajstić information content (AvgIpc) is 2.94. The van der Waals surface area contributed by atoms with Crippen LogP contribution < -0.4 is 10.6 Å². The summed E-state index contributed by atoms with van der Waals surface area (Å²) in [6.45, 7) is 5.60. The summed E-state index contributed by atoms with van der Waals surface area (Å²) in [4.78, 5) is 4.23. The minimum absolute atomic E-state index is 0. The SMILES string of the molecule is CCOCCCNC(=NC)NCCCC1CCCC1.I. The fourth-order valence-corrected chi connectivity index (χ4v) is 2.64. The van der Waals surface area contributed by atoms with Crippen LogP contribution in [0.2, 0.25) is 0 Å². The lowest BCUT2D eigenvalue weighted by molar-refractivity contribution is 0.145. The van der Waals surface area contributed by atoms with E-state index in [1.165, 1.54) is 38.5 Å². The molecule has 0 spiro atoms. The summed E-state index contributed by atoms with van der Waals surface area (Å²) in [7, 11) is 1.83. The second-order valence-electron chi connectivity index (χ2n) is 5.27. The van der Waals surface area contributed by atoms with E-state index in [9.17, 15) is 0 Å². The van der Waals surface area contributed by atoms with Gasteiger partial charge in [0.1, 0.15) is 0 Å². The van der Waals surface area contributed by atoms with Gasteiger partial charge in [-0.05, 0) is 32.1 Å². The molecule has 0 unspecified atom stereocenters. The predicted molar refractivity (Wildman–Crippen MR) is 97.1 cm³/mol. The van der Waals surface area contributed by atoms with Crippen LogP contribution in [0.1, 0.15) is 51.9 Å². The van der Waals surface area contributed by atoms with Crippen LogP contribution >= 0.6 is 24.0 Å². The molecule has 120 valence electrons. The molecule has 0 saturated heterocycles. The highest BCUT2D eigenvalue weighted by Gasteiger charge is 2.13. The maximum atomic E-state index is 5.30. The lowest BCUT2D eigenvalue weighted by Crippen LogP contribution is -2.38. The number of rotatable bonds is 9. The zero-order valence-corrected chi connectivity index (χ0v) is 15.4. The van der Waals surface area contributed by atoms with Gasteiger partial charge >= 0.3 is 0 Å². The number of guanidine groups is 1. The molecule has 1 fully saturated rings. The van der Waals surface area contributed by atoms with E-state index in [1.54, 1.807) is 0 Å². The Morgan fingerprint density at radius 3 is 2.40 bits per heavy atom. The first-order chi connectivity index (χ1) is 9.36. The second kappa shape index (κ2) is 13.9. The molecule has 0 amide bonds. The van der Waals surface area contributed by atoms with Crippen LogP contribution in [0, 0.1) is 5.92 Å². The third kappa shape index (κ3) is 9.80. The van der Waals surface area contributed by atoms with Crippen LogP contribution in [-0.2, 0) is 4.74 Å². The third-order valence-corrected chi connectivity index (χ3v) is 3.74. The topological polar surface area (TPSA) is 45.6 Å². The van der Waals surface area contributed by atoms with Crippen molar-refractivity contribution in [2.24, 2.45) is 10.9 Å². The average molecular weight is 397 g/mol. The molecule has 1 rings (SSSR count). The predicted octanol–water partition coefficient (Wildman–Crippen LogP) is 3.17. The summed E-state index contributed by atoms with van der Waals surface area (Å²) < 4.78 is 5.30. The van der Waals surface area contributed by atoms with E-state index in [1.807, 2.05) is 14.0 Å².